The van der Waals surface area contributed by atoms with Gasteiger partial charge in [-0.1, -0.05) is 11.8 Å². The Labute approximate surface area is 126 Å². The van der Waals surface area contributed by atoms with Crippen molar-refractivity contribution in [2.24, 2.45) is 0 Å². The van der Waals surface area contributed by atoms with Crippen LogP contribution in [0.1, 0.15) is 16.9 Å². The van der Waals surface area contributed by atoms with Crippen LogP contribution in [0.3, 0.4) is 0 Å². The fraction of sp³-hybridized carbons (Fsp3) is 0.231. The number of aromatic nitrogens is 2. The molecule has 0 radical (unpaired) electrons. The number of nitrogens with one attached hydrogen (secondary N) is 1. The van der Waals surface area contributed by atoms with Gasteiger partial charge in [-0.3, -0.25) is 9.97 Å². The number of rotatable bonds is 5. The number of thiazole rings is 1. The highest BCUT2D eigenvalue weighted by atomic mass is 32.2. The number of aliphatic hydroxyl groups is 1. The van der Waals surface area contributed by atoms with Crippen LogP contribution in [0.2, 0.25) is 0 Å². The van der Waals surface area contributed by atoms with Gasteiger partial charge in [0.05, 0.1) is 12.1 Å². The van der Waals surface area contributed by atoms with Crippen molar-refractivity contribution >= 4 is 21.4 Å². The number of pyridine rings is 1. The molecule has 2 N–H and O–H groups in total. The maximum Gasteiger partial charge on any atom is 0.242 e. The molecule has 0 saturated heterocycles. The van der Waals surface area contributed by atoms with Crippen molar-refractivity contribution in [2.75, 3.05) is 6.61 Å². The fourth-order valence-electron chi connectivity index (χ4n) is 1.43. The second kappa shape index (κ2) is 7.28. The van der Waals surface area contributed by atoms with E-state index < -0.39 is 10.0 Å². The summed E-state index contributed by atoms with van der Waals surface area (Å²) in [6.07, 6.45) is 4.70. The van der Waals surface area contributed by atoms with E-state index in [4.69, 9.17) is 5.11 Å². The molecule has 0 amide bonds. The molecule has 0 fully saturated rings. The Hall–Kier alpha value is -1.79. The van der Waals surface area contributed by atoms with E-state index in [1.807, 2.05) is 0 Å². The highest BCUT2D eigenvalue weighted by Crippen LogP contribution is 2.11. The van der Waals surface area contributed by atoms with Crippen molar-refractivity contribution in [3.63, 3.8) is 0 Å². The normalized spacial score (nSPS) is 10.9. The molecule has 0 aliphatic carbocycles. The molecule has 6 nitrogen and oxygen atoms in total. The first-order chi connectivity index (χ1) is 10.1. The standard InChI is InChI=1S/C13H13N3O3S2/c17-4-2-1-3-11-5-13(9-14-6-11)21(18,19)16-8-12-7-15-10-20-12/h5-7,9-10,16-17H,2,4,8H2. The minimum Gasteiger partial charge on any atom is -0.395 e. The molecule has 0 aromatic carbocycles. The fourth-order valence-corrected chi connectivity index (χ4v) is 3.05. The molecule has 2 aromatic rings. The third kappa shape index (κ3) is 4.61. The lowest BCUT2D eigenvalue weighted by Gasteiger charge is -2.05. The van der Waals surface area contributed by atoms with Crippen LogP contribution in [0.4, 0.5) is 0 Å². The molecule has 2 heterocycles. The van der Waals surface area contributed by atoms with Gasteiger partial charge in [0, 0.05) is 42.0 Å². The maximum absolute atomic E-state index is 12.2. The second-order valence-corrected chi connectivity index (χ2v) is 6.71. The SMILES string of the molecule is O=S(=O)(NCc1cncs1)c1cncc(C#CCCO)c1. The summed E-state index contributed by atoms with van der Waals surface area (Å²) in [5.74, 6) is 5.48. The lowest BCUT2D eigenvalue weighted by atomic mass is 10.3. The van der Waals surface area contributed by atoms with Crippen LogP contribution in [-0.2, 0) is 16.6 Å². The molecule has 2 aromatic heterocycles. The van der Waals surface area contributed by atoms with E-state index in [1.165, 1.54) is 29.8 Å². The molecule has 0 unspecified atom stereocenters. The lowest BCUT2D eigenvalue weighted by molar-refractivity contribution is 0.305. The van der Waals surface area contributed by atoms with Crippen LogP contribution in [0.15, 0.2) is 35.1 Å². The van der Waals surface area contributed by atoms with E-state index in [0.29, 0.717) is 12.0 Å². The van der Waals surface area contributed by atoms with Crippen molar-refractivity contribution < 1.29 is 13.5 Å². The van der Waals surface area contributed by atoms with E-state index >= 15 is 0 Å². The van der Waals surface area contributed by atoms with Crippen molar-refractivity contribution in [3.05, 3.63) is 40.6 Å². The predicted octanol–water partition coefficient (Wildman–Crippen LogP) is 0.750. The van der Waals surface area contributed by atoms with Crippen LogP contribution < -0.4 is 4.72 Å². The van der Waals surface area contributed by atoms with Gasteiger partial charge in [0.15, 0.2) is 0 Å². The smallest absolute Gasteiger partial charge is 0.242 e. The average molecular weight is 323 g/mol. The van der Waals surface area contributed by atoms with Gasteiger partial charge in [0.1, 0.15) is 4.90 Å². The zero-order chi connectivity index (χ0) is 15.1. The maximum atomic E-state index is 12.2. The van der Waals surface area contributed by atoms with E-state index in [2.05, 4.69) is 26.5 Å². The zero-order valence-electron chi connectivity index (χ0n) is 11.0. The van der Waals surface area contributed by atoms with Gasteiger partial charge < -0.3 is 5.11 Å². The van der Waals surface area contributed by atoms with Gasteiger partial charge in [0.2, 0.25) is 10.0 Å². The summed E-state index contributed by atoms with van der Waals surface area (Å²) in [4.78, 5) is 8.65. The van der Waals surface area contributed by atoms with Gasteiger partial charge in [0.25, 0.3) is 0 Å². The minimum absolute atomic E-state index is 0.0329. The number of hydrogen-bond donors (Lipinski definition) is 2. The quantitative estimate of drug-likeness (QED) is 0.792. The molecule has 0 aliphatic heterocycles. The third-order valence-electron chi connectivity index (χ3n) is 2.41. The lowest BCUT2D eigenvalue weighted by Crippen LogP contribution is -2.23. The summed E-state index contributed by atoms with van der Waals surface area (Å²) < 4.78 is 26.8. The zero-order valence-corrected chi connectivity index (χ0v) is 12.6. The Morgan fingerprint density at radius 1 is 1.29 bits per heavy atom. The Morgan fingerprint density at radius 3 is 2.86 bits per heavy atom. The Kier molecular flexibility index (Phi) is 5.41. The van der Waals surface area contributed by atoms with E-state index in [1.54, 1.807) is 11.7 Å². The van der Waals surface area contributed by atoms with E-state index in [-0.39, 0.29) is 18.0 Å². The Bertz CT molecular complexity index is 746. The average Bonchev–Trinajstić information content (AvgIpc) is 2.99. The molecule has 2 rings (SSSR count). The summed E-state index contributed by atoms with van der Waals surface area (Å²) >= 11 is 1.38. The van der Waals surface area contributed by atoms with Gasteiger partial charge in [-0.05, 0) is 6.07 Å². The molecule has 110 valence electrons. The number of aliphatic hydroxyl groups excluding tert-OH is 1. The van der Waals surface area contributed by atoms with E-state index in [9.17, 15) is 8.42 Å². The largest absolute Gasteiger partial charge is 0.395 e. The molecular weight excluding hydrogens is 310 g/mol. The van der Waals surface area contributed by atoms with Crippen LogP contribution in [-0.4, -0.2) is 30.1 Å². The first-order valence-electron chi connectivity index (χ1n) is 6.03. The molecule has 0 atom stereocenters. The number of hydrogen-bond acceptors (Lipinski definition) is 6. The molecule has 0 spiro atoms. The summed E-state index contributed by atoms with van der Waals surface area (Å²) in [5, 5.41) is 8.66. The molecule has 8 heteroatoms. The topological polar surface area (TPSA) is 92.2 Å². The monoisotopic (exact) mass is 323 g/mol. The number of sulfonamides is 1. The van der Waals surface area contributed by atoms with Crippen LogP contribution >= 0.6 is 11.3 Å². The van der Waals surface area contributed by atoms with Gasteiger partial charge in [-0.2, -0.15) is 0 Å². The molecule has 0 bridgehead atoms. The van der Waals surface area contributed by atoms with Crippen LogP contribution in [0.5, 0.6) is 0 Å². The second-order valence-electron chi connectivity index (χ2n) is 3.98. The predicted molar refractivity (Wildman–Crippen MR) is 79.0 cm³/mol. The summed E-state index contributed by atoms with van der Waals surface area (Å²) in [6, 6.07) is 1.45. The summed E-state index contributed by atoms with van der Waals surface area (Å²) in [7, 11) is -3.64. The van der Waals surface area contributed by atoms with Gasteiger partial charge in [-0.15, -0.1) is 11.3 Å². The first kappa shape index (κ1) is 15.6. The Morgan fingerprint density at radius 2 is 2.14 bits per heavy atom. The van der Waals surface area contributed by atoms with Crippen molar-refractivity contribution in [1.82, 2.24) is 14.7 Å². The third-order valence-corrected chi connectivity index (χ3v) is 4.56. The first-order valence-corrected chi connectivity index (χ1v) is 8.40. The molecule has 0 saturated carbocycles. The molecule has 21 heavy (non-hydrogen) atoms. The van der Waals surface area contributed by atoms with Crippen molar-refractivity contribution in [2.45, 2.75) is 17.9 Å². The van der Waals surface area contributed by atoms with Crippen LogP contribution in [0, 0.1) is 11.8 Å². The molecule has 0 aliphatic rings. The van der Waals surface area contributed by atoms with Gasteiger partial charge >= 0.3 is 0 Å². The van der Waals surface area contributed by atoms with Crippen molar-refractivity contribution in [1.29, 1.82) is 0 Å². The Balaban J connectivity index is 2.12. The summed E-state index contributed by atoms with van der Waals surface area (Å²) in [5.41, 5.74) is 2.13. The van der Waals surface area contributed by atoms with Crippen LogP contribution in [0.25, 0.3) is 0 Å². The summed E-state index contributed by atoms with van der Waals surface area (Å²) in [6.45, 7) is 0.155. The highest BCUT2D eigenvalue weighted by molar-refractivity contribution is 7.89. The van der Waals surface area contributed by atoms with Gasteiger partial charge in [-0.25, -0.2) is 13.1 Å². The van der Waals surface area contributed by atoms with E-state index in [0.717, 1.165) is 4.88 Å². The highest BCUT2D eigenvalue weighted by Gasteiger charge is 2.14. The molecular formula is C13H13N3O3S2. The number of nitrogens with zero attached hydrogens (tertiary/aromatic N) is 2. The van der Waals surface area contributed by atoms with Crippen molar-refractivity contribution in [3.8, 4) is 11.8 Å². The minimum atomic E-state index is -3.64.